The molecule has 4 nitrogen and oxygen atoms in total. The van der Waals surface area contributed by atoms with Crippen molar-refractivity contribution in [3.8, 4) is 0 Å². The van der Waals surface area contributed by atoms with Gasteiger partial charge >= 0.3 is 0 Å². The van der Waals surface area contributed by atoms with Gasteiger partial charge in [-0.3, -0.25) is 9.59 Å². The van der Waals surface area contributed by atoms with E-state index in [-0.39, 0.29) is 23.8 Å². The van der Waals surface area contributed by atoms with E-state index in [4.69, 9.17) is 0 Å². The maximum absolute atomic E-state index is 12.4. The zero-order valence-electron chi connectivity index (χ0n) is 12.9. The first-order valence-electron chi connectivity index (χ1n) is 8.35. The van der Waals surface area contributed by atoms with Gasteiger partial charge in [0.25, 0.3) is 0 Å². The highest BCUT2D eigenvalue weighted by Crippen LogP contribution is 2.33. The lowest BCUT2D eigenvalue weighted by atomic mass is 10.1. The fourth-order valence-corrected chi connectivity index (χ4v) is 4.35. The van der Waals surface area contributed by atoms with Gasteiger partial charge in [0.2, 0.25) is 11.8 Å². The molecule has 2 fully saturated rings. The molecule has 0 spiro atoms. The summed E-state index contributed by atoms with van der Waals surface area (Å²) in [7, 11) is 0. The molecule has 1 aliphatic heterocycles. The quantitative estimate of drug-likeness (QED) is 0.906. The number of carbonyl (C=O) groups excluding carboxylic acids is 2. The van der Waals surface area contributed by atoms with Crippen LogP contribution in [0, 0.1) is 5.92 Å². The number of carbonyl (C=O) groups is 2. The Morgan fingerprint density at radius 3 is 2.77 bits per heavy atom. The predicted molar refractivity (Wildman–Crippen MR) is 87.6 cm³/mol. The molecule has 2 amide bonds. The van der Waals surface area contributed by atoms with Gasteiger partial charge in [0, 0.05) is 25.4 Å². The van der Waals surface area contributed by atoms with Crippen LogP contribution in [0.2, 0.25) is 0 Å². The monoisotopic (exact) mass is 320 g/mol. The minimum absolute atomic E-state index is 0.140. The second-order valence-electron chi connectivity index (χ2n) is 6.32. The Bertz CT molecular complexity index is 509. The minimum atomic E-state index is 0.140. The van der Waals surface area contributed by atoms with E-state index in [2.05, 4.69) is 22.1 Å². The van der Waals surface area contributed by atoms with Crippen LogP contribution < -0.4 is 5.32 Å². The summed E-state index contributed by atoms with van der Waals surface area (Å²) in [6.07, 6.45) is 6.87. The summed E-state index contributed by atoms with van der Waals surface area (Å²) >= 11 is 1.68. The molecule has 1 N–H and O–H groups in total. The van der Waals surface area contributed by atoms with Crippen LogP contribution in [0.25, 0.3) is 0 Å². The summed E-state index contributed by atoms with van der Waals surface area (Å²) in [4.78, 5) is 26.4. The second kappa shape index (κ2) is 7.27. The average molecular weight is 320 g/mol. The molecule has 1 aliphatic carbocycles. The Morgan fingerprint density at radius 2 is 2.05 bits per heavy atom. The van der Waals surface area contributed by atoms with E-state index in [1.165, 1.54) is 5.56 Å². The van der Waals surface area contributed by atoms with Crippen molar-refractivity contribution in [3.63, 3.8) is 0 Å². The van der Waals surface area contributed by atoms with Crippen LogP contribution in [0.1, 0.15) is 56.6 Å². The van der Waals surface area contributed by atoms with Crippen LogP contribution in [0.3, 0.4) is 0 Å². The molecule has 5 heteroatoms. The van der Waals surface area contributed by atoms with Crippen LogP contribution in [-0.4, -0.2) is 29.8 Å². The summed E-state index contributed by atoms with van der Waals surface area (Å²) in [5, 5.41) is 7.15. The molecule has 2 aliphatic rings. The smallest absolute Gasteiger partial charge is 0.224 e. The summed E-state index contributed by atoms with van der Waals surface area (Å²) in [5.41, 5.74) is 1.26. The van der Waals surface area contributed by atoms with Crippen molar-refractivity contribution < 1.29 is 9.59 Å². The molecule has 2 heterocycles. The van der Waals surface area contributed by atoms with Crippen LogP contribution in [-0.2, 0) is 9.59 Å². The zero-order valence-corrected chi connectivity index (χ0v) is 13.7. The Labute approximate surface area is 135 Å². The molecule has 1 saturated heterocycles. The number of thiophene rings is 1. The predicted octanol–water partition coefficient (Wildman–Crippen LogP) is 3.11. The van der Waals surface area contributed by atoms with E-state index in [1.54, 1.807) is 11.3 Å². The Morgan fingerprint density at radius 1 is 1.23 bits per heavy atom. The third-order valence-corrected chi connectivity index (χ3v) is 5.57. The minimum Gasteiger partial charge on any atom is -0.355 e. The van der Waals surface area contributed by atoms with Gasteiger partial charge in [-0.05, 0) is 48.1 Å². The Hall–Kier alpha value is -1.36. The van der Waals surface area contributed by atoms with Crippen molar-refractivity contribution in [1.82, 2.24) is 10.2 Å². The number of nitrogens with zero attached hydrogens (tertiary/aromatic N) is 1. The molecule has 1 atom stereocenters. The molecular weight excluding hydrogens is 296 g/mol. The van der Waals surface area contributed by atoms with Crippen molar-refractivity contribution >= 4 is 23.2 Å². The summed E-state index contributed by atoms with van der Waals surface area (Å²) in [6.45, 7) is 1.32. The molecule has 0 aromatic carbocycles. The summed E-state index contributed by atoms with van der Waals surface area (Å²) < 4.78 is 0. The van der Waals surface area contributed by atoms with E-state index in [0.717, 1.165) is 45.1 Å². The first-order valence-corrected chi connectivity index (χ1v) is 9.29. The number of amides is 2. The fourth-order valence-electron chi connectivity index (χ4n) is 3.64. The van der Waals surface area contributed by atoms with Crippen LogP contribution in [0.5, 0.6) is 0 Å². The number of hydrogen-bond acceptors (Lipinski definition) is 3. The molecule has 1 saturated carbocycles. The summed E-state index contributed by atoms with van der Waals surface area (Å²) in [5.74, 6) is 0.488. The standard InChI is InChI=1S/C17H24N2O2S/c20-16(7-9-18-17(21)13-4-1-2-5-13)19-10-3-6-15(19)14-8-11-22-12-14/h8,11-13,15H,1-7,9-10H2,(H,18,21). The van der Waals surface area contributed by atoms with Crippen LogP contribution in [0.4, 0.5) is 0 Å². The van der Waals surface area contributed by atoms with Crippen LogP contribution >= 0.6 is 11.3 Å². The maximum Gasteiger partial charge on any atom is 0.224 e. The molecular formula is C17H24N2O2S. The zero-order chi connectivity index (χ0) is 15.4. The van der Waals surface area contributed by atoms with Gasteiger partial charge in [-0.25, -0.2) is 0 Å². The van der Waals surface area contributed by atoms with Crippen molar-refractivity contribution in [1.29, 1.82) is 0 Å². The molecule has 22 heavy (non-hydrogen) atoms. The Balaban J connectivity index is 1.46. The van der Waals surface area contributed by atoms with E-state index in [0.29, 0.717) is 13.0 Å². The normalized spacial score (nSPS) is 22.2. The third kappa shape index (κ3) is 3.51. The van der Waals surface area contributed by atoms with Gasteiger partial charge in [-0.15, -0.1) is 0 Å². The lowest BCUT2D eigenvalue weighted by Crippen LogP contribution is -2.35. The number of hydrogen-bond donors (Lipinski definition) is 1. The van der Waals surface area contributed by atoms with E-state index in [1.807, 2.05) is 4.90 Å². The van der Waals surface area contributed by atoms with Gasteiger partial charge in [-0.2, -0.15) is 11.3 Å². The molecule has 120 valence electrons. The second-order valence-corrected chi connectivity index (χ2v) is 7.10. The SMILES string of the molecule is O=C(NCCC(=O)N1CCCC1c1ccsc1)C1CCCC1. The molecule has 0 bridgehead atoms. The van der Waals surface area contributed by atoms with Crippen molar-refractivity contribution in [2.45, 2.75) is 51.0 Å². The first kappa shape index (κ1) is 15.5. The third-order valence-electron chi connectivity index (χ3n) is 4.87. The van der Waals surface area contributed by atoms with Gasteiger partial charge in [0.1, 0.15) is 0 Å². The number of nitrogens with one attached hydrogen (secondary N) is 1. The Kier molecular flexibility index (Phi) is 5.13. The van der Waals surface area contributed by atoms with Gasteiger partial charge in [0.05, 0.1) is 6.04 Å². The molecule has 1 aromatic heterocycles. The largest absolute Gasteiger partial charge is 0.355 e. The topological polar surface area (TPSA) is 49.4 Å². The highest BCUT2D eigenvalue weighted by Gasteiger charge is 2.30. The van der Waals surface area contributed by atoms with Crippen molar-refractivity contribution in [3.05, 3.63) is 22.4 Å². The fraction of sp³-hybridized carbons (Fsp3) is 0.647. The van der Waals surface area contributed by atoms with E-state index in [9.17, 15) is 9.59 Å². The number of likely N-dealkylation sites (tertiary alicyclic amines) is 1. The van der Waals surface area contributed by atoms with E-state index < -0.39 is 0 Å². The first-order chi connectivity index (χ1) is 10.8. The van der Waals surface area contributed by atoms with E-state index >= 15 is 0 Å². The van der Waals surface area contributed by atoms with Gasteiger partial charge < -0.3 is 10.2 Å². The lowest BCUT2D eigenvalue weighted by Gasteiger charge is -2.24. The maximum atomic E-state index is 12.4. The highest BCUT2D eigenvalue weighted by atomic mass is 32.1. The number of rotatable bonds is 5. The summed E-state index contributed by atoms with van der Waals surface area (Å²) in [6, 6.07) is 2.35. The molecule has 1 unspecified atom stereocenters. The van der Waals surface area contributed by atoms with Crippen molar-refractivity contribution in [2.24, 2.45) is 5.92 Å². The molecule has 3 rings (SSSR count). The van der Waals surface area contributed by atoms with Gasteiger partial charge in [-0.1, -0.05) is 12.8 Å². The lowest BCUT2D eigenvalue weighted by molar-refractivity contribution is -0.132. The molecule has 1 aromatic rings. The highest BCUT2D eigenvalue weighted by molar-refractivity contribution is 7.07. The van der Waals surface area contributed by atoms with Crippen molar-refractivity contribution in [2.75, 3.05) is 13.1 Å². The average Bonchev–Trinajstić information content (AvgIpc) is 3.26. The van der Waals surface area contributed by atoms with Crippen LogP contribution in [0.15, 0.2) is 16.8 Å². The molecule has 0 radical (unpaired) electrons. The van der Waals surface area contributed by atoms with Gasteiger partial charge in [0.15, 0.2) is 0 Å².